The zero-order valence-electron chi connectivity index (χ0n) is 15.2. The lowest BCUT2D eigenvalue weighted by molar-refractivity contribution is 0.866. The number of fused-ring (bicyclic) bond motifs is 2. The van der Waals surface area contributed by atoms with Crippen molar-refractivity contribution >= 4 is 21.8 Å². The van der Waals surface area contributed by atoms with E-state index >= 15 is 0 Å². The molecule has 4 aromatic rings. The molecule has 25 heavy (non-hydrogen) atoms. The number of nitrogens with one attached hydrogen (secondary N) is 2. The third-order valence-corrected chi connectivity index (χ3v) is 5.16. The van der Waals surface area contributed by atoms with Crippen molar-refractivity contribution in [1.82, 2.24) is 9.97 Å². The Balaban J connectivity index is 1.87. The summed E-state index contributed by atoms with van der Waals surface area (Å²) in [6.07, 6.45) is 5.54. The Morgan fingerprint density at radius 2 is 1.08 bits per heavy atom. The van der Waals surface area contributed by atoms with E-state index in [1.165, 1.54) is 44.3 Å². The lowest BCUT2D eigenvalue weighted by Crippen LogP contribution is -1.97. The molecule has 0 saturated heterocycles. The first-order valence-electron chi connectivity index (χ1n) is 9.48. The maximum Gasteiger partial charge on any atom is 0.0459 e. The summed E-state index contributed by atoms with van der Waals surface area (Å²) < 4.78 is 0. The van der Waals surface area contributed by atoms with Gasteiger partial charge in [-0.05, 0) is 36.1 Å². The molecule has 0 amide bonds. The highest BCUT2D eigenvalue weighted by atomic mass is 14.7. The van der Waals surface area contributed by atoms with Crippen molar-refractivity contribution < 1.29 is 0 Å². The fraction of sp³-hybridized carbons (Fsp3) is 0.304. The lowest BCUT2D eigenvalue weighted by atomic mass is 9.97. The predicted octanol–water partition coefficient (Wildman–Crippen LogP) is 6.15. The number of para-hydroxylation sites is 2. The van der Waals surface area contributed by atoms with Gasteiger partial charge in [0.15, 0.2) is 0 Å². The minimum Gasteiger partial charge on any atom is -0.358 e. The van der Waals surface area contributed by atoms with Gasteiger partial charge in [-0.15, -0.1) is 0 Å². The highest BCUT2D eigenvalue weighted by molar-refractivity contribution is 5.88. The number of hydrogen-bond acceptors (Lipinski definition) is 0. The van der Waals surface area contributed by atoms with Crippen molar-refractivity contribution in [3.05, 3.63) is 71.0 Å². The van der Waals surface area contributed by atoms with Gasteiger partial charge in [-0.25, -0.2) is 0 Å². The van der Waals surface area contributed by atoms with Crippen molar-refractivity contribution in [2.75, 3.05) is 0 Å². The average molecular weight is 330 g/mol. The number of hydrogen-bond donors (Lipinski definition) is 2. The minimum atomic E-state index is 0.999. The summed E-state index contributed by atoms with van der Waals surface area (Å²) in [5, 5.41) is 2.75. The Morgan fingerprint density at radius 1 is 0.640 bits per heavy atom. The van der Waals surface area contributed by atoms with E-state index < -0.39 is 0 Å². The molecule has 4 rings (SSSR count). The second kappa shape index (κ2) is 6.79. The molecule has 0 bridgehead atoms. The lowest BCUT2D eigenvalue weighted by Gasteiger charge is -2.07. The average Bonchev–Trinajstić information content (AvgIpc) is 3.15. The quantitative estimate of drug-likeness (QED) is 0.425. The van der Waals surface area contributed by atoms with Gasteiger partial charge in [-0.2, -0.15) is 0 Å². The summed E-state index contributed by atoms with van der Waals surface area (Å²) in [6, 6.07) is 17.4. The van der Waals surface area contributed by atoms with Crippen LogP contribution in [0, 0.1) is 0 Å². The molecule has 2 heterocycles. The highest BCUT2D eigenvalue weighted by Gasteiger charge is 2.16. The topological polar surface area (TPSA) is 31.6 Å². The standard InChI is InChI=1S/C23H26N2/c1-3-9-20-18(16-11-5-7-13-22(16)24-20)15-19-17-12-6-8-14-23(17)25-21(19)10-4-2/h5-8,11-14,24-25H,3-4,9-10,15H2,1-2H3. The fourth-order valence-electron chi connectivity index (χ4n) is 4.02. The molecule has 0 unspecified atom stereocenters. The number of aromatic nitrogens is 2. The summed E-state index contributed by atoms with van der Waals surface area (Å²) in [7, 11) is 0. The number of H-pyrrole nitrogens is 2. The highest BCUT2D eigenvalue weighted by Crippen LogP contribution is 2.31. The second-order valence-corrected chi connectivity index (χ2v) is 6.93. The first-order chi connectivity index (χ1) is 12.3. The summed E-state index contributed by atoms with van der Waals surface area (Å²) in [5.74, 6) is 0. The monoisotopic (exact) mass is 330 g/mol. The summed E-state index contributed by atoms with van der Waals surface area (Å²) in [4.78, 5) is 7.33. The van der Waals surface area contributed by atoms with Crippen LogP contribution in [0.5, 0.6) is 0 Å². The molecule has 0 atom stereocenters. The molecule has 0 radical (unpaired) electrons. The van der Waals surface area contributed by atoms with E-state index in [0.29, 0.717) is 0 Å². The van der Waals surface area contributed by atoms with Gasteiger partial charge < -0.3 is 9.97 Å². The molecule has 128 valence electrons. The van der Waals surface area contributed by atoms with E-state index in [1.807, 2.05) is 0 Å². The van der Waals surface area contributed by atoms with Gasteiger partial charge in [0, 0.05) is 39.6 Å². The van der Waals surface area contributed by atoms with Gasteiger partial charge >= 0.3 is 0 Å². The first kappa shape index (κ1) is 16.0. The van der Waals surface area contributed by atoms with E-state index in [4.69, 9.17) is 0 Å². The summed E-state index contributed by atoms with van der Waals surface area (Å²) in [6.45, 7) is 4.51. The Hall–Kier alpha value is -2.48. The zero-order valence-corrected chi connectivity index (χ0v) is 15.2. The van der Waals surface area contributed by atoms with Gasteiger partial charge in [-0.1, -0.05) is 63.1 Å². The van der Waals surface area contributed by atoms with Crippen molar-refractivity contribution in [2.45, 2.75) is 46.0 Å². The Kier molecular flexibility index (Phi) is 4.35. The van der Waals surface area contributed by atoms with Crippen LogP contribution in [0.15, 0.2) is 48.5 Å². The normalized spacial score (nSPS) is 11.6. The Labute approximate surface area is 149 Å². The van der Waals surface area contributed by atoms with E-state index in [9.17, 15) is 0 Å². The number of aryl methyl sites for hydroxylation is 2. The minimum absolute atomic E-state index is 0.999. The van der Waals surface area contributed by atoms with Gasteiger partial charge in [0.1, 0.15) is 0 Å². The van der Waals surface area contributed by atoms with Gasteiger partial charge in [0.25, 0.3) is 0 Å². The third kappa shape index (κ3) is 2.86. The zero-order chi connectivity index (χ0) is 17.2. The molecular weight excluding hydrogens is 304 g/mol. The van der Waals surface area contributed by atoms with Crippen LogP contribution >= 0.6 is 0 Å². The second-order valence-electron chi connectivity index (χ2n) is 6.93. The summed E-state index contributed by atoms with van der Waals surface area (Å²) in [5.41, 5.74) is 8.27. The Bertz CT molecular complexity index is 921. The fourth-order valence-corrected chi connectivity index (χ4v) is 4.02. The molecule has 0 fully saturated rings. The van der Waals surface area contributed by atoms with Gasteiger partial charge in [0.05, 0.1) is 0 Å². The molecule has 2 aromatic heterocycles. The third-order valence-electron chi connectivity index (χ3n) is 5.16. The van der Waals surface area contributed by atoms with Gasteiger partial charge in [-0.3, -0.25) is 0 Å². The molecule has 0 aliphatic rings. The predicted molar refractivity (Wildman–Crippen MR) is 107 cm³/mol. The molecule has 0 spiro atoms. The SMILES string of the molecule is CCCc1[nH]c2ccccc2c1Cc1c(CCC)[nH]c2ccccc12. The van der Waals surface area contributed by atoms with E-state index in [-0.39, 0.29) is 0 Å². The number of benzene rings is 2. The molecule has 0 aliphatic carbocycles. The molecule has 2 N–H and O–H groups in total. The van der Waals surface area contributed by atoms with Crippen molar-refractivity contribution in [3.63, 3.8) is 0 Å². The number of rotatable bonds is 6. The molecule has 0 aliphatic heterocycles. The smallest absolute Gasteiger partial charge is 0.0459 e. The maximum atomic E-state index is 3.67. The van der Waals surface area contributed by atoms with Crippen LogP contribution in [-0.2, 0) is 19.3 Å². The van der Waals surface area contributed by atoms with Gasteiger partial charge in [0.2, 0.25) is 0 Å². The molecule has 2 aromatic carbocycles. The first-order valence-corrected chi connectivity index (χ1v) is 9.48. The Morgan fingerprint density at radius 3 is 1.52 bits per heavy atom. The molecule has 0 saturated carbocycles. The van der Waals surface area contributed by atoms with E-state index in [2.05, 4.69) is 72.3 Å². The largest absolute Gasteiger partial charge is 0.358 e. The van der Waals surface area contributed by atoms with E-state index in [1.54, 1.807) is 0 Å². The molecular formula is C23H26N2. The van der Waals surface area contributed by atoms with Crippen LogP contribution in [0.3, 0.4) is 0 Å². The number of aromatic amines is 2. The van der Waals surface area contributed by atoms with E-state index in [0.717, 1.165) is 32.1 Å². The summed E-state index contributed by atoms with van der Waals surface area (Å²) >= 11 is 0. The van der Waals surface area contributed by atoms with Crippen LogP contribution < -0.4 is 0 Å². The maximum absolute atomic E-state index is 3.67. The molecule has 2 heteroatoms. The van der Waals surface area contributed by atoms with Crippen LogP contribution in [0.4, 0.5) is 0 Å². The molecule has 2 nitrogen and oxygen atoms in total. The van der Waals surface area contributed by atoms with Crippen molar-refractivity contribution in [1.29, 1.82) is 0 Å². The van der Waals surface area contributed by atoms with Crippen molar-refractivity contribution in [2.24, 2.45) is 0 Å². The van der Waals surface area contributed by atoms with Crippen LogP contribution in [-0.4, -0.2) is 9.97 Å². The van der Waals surface area contributed by atoms with Crippen LogP contribution in [0.1, 0.15) is 49.2 Å². The van der Waals surface area contributed by atoms with Crippen molar-refractivity contribution in [3.8, 4) is 0 Å². The van der Waals surface area contributed by atoms with Crippen LogP contribution in [0.25, 0.3) is 21.8 Å². The van der Waals surface area contributed by atoms with Crippen LogP contribution in [0.2, 0.25) is 0 Å².